The Morgan fingerprint density at radius 2 is 1.72 bits per heavy atom. The Balaban J connectivity index is 2.53. The minimum absolute atomic E-state index is 0.892. The maximum absolute atomic E-state index is 5.33. The molecule has 0 saturated heterocycles. The van der Waals surface area contributed by atoms with E-state index in [4.69, 9.17) is 4.74 Å². The van der Waals surface area contributed by atoms with Gasteiger partial charge < -0.3 is 4.74 Å². The van der Waals surface area contributed by atoms with Crippen molar-refractivity contribution in [3.8, 4) is 5.75 Å². The van der Waals surface area contributed by atoms with Crippen LogP contribution in [0.5, 0.6) is 5.75 Å². The standard InChI is InChI=1S/C16H15NO/c1-10-11(2)17-9-13-5-4-12-6-7-14(18-3)8-15(12)16(10)13/h4-9H,1-3H3. The van der Waals surface area contributed by atoms with E-state index in [2.05, 4.69) is 36.2 Å². The highest BCUT2D eigenvalue weighted by molar-refractivity contribution is 6.09. The number of pyridine rings is 1. The molecule has 18 heavy (non-hydrogen) atoms. The maximum atomic E-state index is 5.33. The summed E-state index contributed by atoms with van der Waals surface area (Å²) in [5.41, 5.74) is 2.32. The molecule has 0 N–H and O–H groups in total. The lowest BCUT2D eigenvalue weighted by molar-refractivity contribution is 0.415. The van der Waals surface area contributed by atoms with Crippen molar-refractivity contribution in [3.05, 3.63) is 47.8 Å². The first-order valence-corrected chi connectivity index (χ1v) is 6.03. The van der Waals surface area contributed by atoms with E-state index in [0.29, 0.717) is 0 Å². The van der Waals surface area contributed by atoms with E-state index in [1.807, 2.05) is 19.2 Å². The first-order valence-electron chi connectivity index (χ1n) is 6.03. The second-order valence-electron chi connectivity index (χ2n) is 4.59. The molecule has 90 valence electrons. The van der Waals surface area contributed by atoms with E-state index in [9.17, 15) is 0 Å². The molecular weight excluding hydrogens is 222 g/mol. The molecule has 0 amide bonds. The van der Waals surface area contributed by atoms with Gasteiger partial charge in [-0.2, -0.15) is 0 Å². The van der Waals surface area contributed by atoms with Gasteiger partial charge in [-0.05, 0) is 47.7 Å². The van der Waals surface area contributed by atoms with Crippen molar-refractivity contribution in [2.75, 3.05) is 7.11 Å². The molecule has 2 heteroatoms. The second kappa shape index (κ2) is 3.98. The fraction of sp³-hybridized carbons (Fsp3) is 0.188. The number of nitrogens with zero attached hydrogens (tertiary/aromatic N) is 1. The number of aromatic nitrogens is 1. The van der Waals surface area contributed by atoms with Crippen molar-refractivity contribution in [1.82, 2.24) is 4.98 Å². The minimum Gasteiger partial charge on any atom is -0.497 e. The molecule has 1 aromatic heterocycles. The van der Waals surface area contributed by atoms with Crippen molar-refractivity contribution in [2.24, 2.45) is 0 Å². The van der Waals surface area contributed by atoms with E-state index in [-0.39, 0.29) is 0 Å². The van der Waals surface area contributed by atoms with Crippen molar-refractivity contribution < 1.29 is 4.74 Å². The van der Waals surface area contributed by atoms with Crippen LogP contribution in [0.15, 0.2) is 36.5 Å². The van der Waals surface area contributed by atoms with Crippen LogP contribution in [-0.2, 0) is 0 Å². The SMILES string of the molecule is COc1ccc2ccc3cnc(C)c(C)c3c2c1. The molecule has 2 aromatic carbocycles. The van der Waals surface area contributed by atoms with Gasteiger partial charge in [0, 0.05) is 17.3 Å². The number of fused-ring (bicyclic) bond motifs is 3. The predicted octanol–water partition coefficient (Wildman–Crippen LogP) is 4.01. The predicted molar refractivity (Wildman–Crippen MR) is 75.3 cm³/mol. The van der Waals surface area contributed by atoms with E-state index in [0.717, 1.165) is 11.4 Å². The zero-order valence-corrected chi connectivity index (χ0v) is 10.8. The van der Waals surface area contributed by atoms with Crippen LogP contribution in [0.1, 0.15) is 11.3 Å². The third kappa shape index (κ3) is 1.53. The lowest BCUT2D eigenvalue weighted by Crippen LogP contribution is -1.90. The van der Waals surface area contributed by atoms with Gasteiger partial charge in [0.15, 0.2) is 0 Å². The highest BCUT2D eigenvalue weighted by Gasteiger charge is 2.07. The van der Waals surface area contributed by atoms with Crippen LogP contribution in [0.3, 0.4) is 0 Å². The highest BCUT2D eigenvalue weighted by atomic mass is 16.5. The maximum Gasteiger partial charge on any atom is 0.119 e. The fourth-order valence-corrected chi connectivity index (χ4v) is 2.41. The molecule has 0 aliphatic carbocycles. The van der Waals surface area contributed by atoms with E-state index in [1.165, 1.54) is 27.1 Å². The van der Waals surface area contributed by atoms with Crippen molar-refractivity contribution in [2.45, 2.75) is 13.8 Å². The quantitative estimate of drug-likeness (QED) is 0.596. The summed E-state index contributed by atoms with van der Waals surface area (Å²) < 4.78 is 5.33. The molecule has 1 heterocycles. The summed E-state index contributed by atoms with van der Waals surface area (Å²) in [5, 5.41) is 4.92. The fourth-order valence-electron chi connectivity index (χ4n) is 2.41. The lowest BCUT2D eigenvalue weighted by Gasteiger charge is -2.10. The number of aryl methyl sites for hydroxylation is 2. The zero-order valence-electron chi connectivity index (χ0n) is 10.8. The van der Waals surface area contributed by atoms with Gasteiger partial charge in [-0.1, -0.05) is 18.2 Å². The number of benzene rings is 2. The first-order chi connectivity index (χ1) is 8.70. The number of hydrogen-bond donors (Lipinski definition) is 0. The molecule has 0 fully saturated rings. The summed E-state index contributed by atoms with van der Waals surface area (Å²) in [4.78, 5) is 4.42. The number of rotatable bonds is 1. The molecule has 0 radical (unpaired) electrons. The largest absolute Gasteiger partial charge is 0.497 e. The van der Waals surface area contributed by atoms with Gasteiger partial charge in [0.2, 0.25) is 0 Å². The van der Waals surface area contributed by atoms with Crippen LogP contribution in [0, 0.1) is 13.8 Å². The van der Waals surface area contributed by atoms with Gasteiger partial charge in [-0.15, -0.1) is 0 Å². The molecule has 0 saturated carbocycles. The smallest absolute Gasteiger partial charge is 0.119 e. The van der Waals surface area contributed by atoms with Crippen molar-refractivity contribution in [3.63, 3.8) is 0 Å². The summed E-state index contributed by atoms with van der Waals surface area (Å²) in [7, 11) is 1.70. The van der Waals surface area contributed by atoms with Gasteiger partial charge in [0.05, 0.1) is 7.11 Å². The van der Waals surface area contributed by atoms with Crippen LogP contribution in [-0.4, -0.2) is 12.1 Å². The van der Waals surface area contributed by atoms with Crippen LogP contribution in [0.2, 0.25) is 0 Å². The normalized spacial score (nSPS) is 11.1. The zero-order chi connectivity index (χ0) is 12.7. The van der Waals surface area contributed by atoms with Crippen LogP contribution < -0.4 is 4.74 Å². The molecule has 0 aliphatic heterocycles. The second-order valence-corrected chi connectivity index (χ2v) is 4.59. The lowest BCUT2D eigenvalue weighted by atomic mass is 9.98. The van der Waals surface area contributed by atoms with Crippen molar-refractivity contribution in [1.29, 1.82) is 0 Å². The number of methoxy groups -OCH3 is 1. The Hall–Kier alpha value is -2.09. The van der Waals surface area contributed by atoms with Gasteiger partial charge in [0.1, 0.15) is 5.75 Å². The van der Waals surface area contributed by atoms with Crippen molar-refractivity contribution >= 4 is 21.5 Å². The Bertz CT molecular complexity index is 747. The molecule has 3 aromatic rings. The summed E-state index contributed by atoms with van der Waals surface area (Å²) >= 11 is 0. The Kier molecular flexibility index (Phi) is 2.44. The summed E-state index contributed by atoms with van der Waals surface area (Å²) in [5.74, 6) is 0.892. The molecular formula is C16H15NO. The van der Waals surface area contributed by atoms with E-state index < -0.39 is 0 Å². The van der Waals surface area contributed by atoms with Gasteiger partial charge in [-0.3, -0.25) is 4.98 Å². The minimum atomic E-state index is 0.892. The summed E-state index contributed by atoms with van der Waals surface area (Å²) in [6.07, 6.45) is 1.94. The third-order valence-electron chi connectivity index (χ3n) is 3.58. The molecule has 0 spiro atoms. The van der Waals surface area contributed by atoms with Gasteiger partial charge in [-0.25, -0.2) is 0 Å². The first kappa shape index (κ1) is 11.0. The average Bonchev–Trinajstić information content (AvgIpc) is 2.41. The summed E-state index contributed by atoms with van der Waals surface area (Å²) in [6.45, 7) is 4.18. The Morgan fingerprint density at radius 3 is 2.50 bits per heavy atom. The molecule has 3 rings (SSSR count). The van der Waals surface area contributed by atoms with Crippen LogP contribution in [0.25, 0.3) is 21.5 Å². The number of hydrogen-bond acceptors (Lipinski definition) is 2. The molecule has 0 atom stereocenters. The summed E-state index contributed by atoms with van der Waals surface area (Å²) in [6, 6.07) is 10.5. The van der Waals surface area contributed by atoms with Gasteiger partial charge >= 0.3 is 0 Å². The van der Waals surface area contributed by atoms with E-state index in [1.54, 1.807) is 7.11 Å². The Labute approximate surface area is 106 Å². The van der Waals surface area contributed by atoms with E-state index >= 15 is 0 Å². The average molecular weight is 237 g/mol. The Morgan fingerprint density at radius 1 is 1.00 bits per heavy atom. The molecule has 2 nitrogen and oxygen atoms in total. The topological polar surface area (TPSA) is 22.1 Å². The molecule has 0 aliphatic rings. The monoisotopic (exact) mass is 237 g/mol. The molecule has 0 unspecified atom stereocenters. The highest BCUT2D eigenvalue weighted by Crippen LogP contribution is 2.31. The molecule has 0 bridgehead atoms. The third-order valence-corrected chi connectivity index (χ3v) is 3.58. The van der Waals surface area contributed by atoms with Crippen LogP contribution in [0.4, 0.5) is 0 Å². The van der Waals surface area contributed by atoms with Crippen LogP contribution >= 0.6 is 0 Å². The number of ether oxygens (including phenoxy) is 1. The van der Waals surface area contributed by atoms with Gasteiger partial charge in [0.25, 0.3) is 0 Å².